The van der Waals surface area contributed by atoms with E-state index >= 15 is 0 Å². The van der Waals surface area contributed by atoms with Crippen molar-refractivity contribution in [3.8, 4) is 22.0 Å². The summed E-state index contributed by atoms with van der Waals surface area (Å²) in [4.78, 5) is 15.7. The van der Waals surface area contributed by atoms with E-state index in [-0.39, 0.29) is 10.6 Å². The number of aromatic nitrogens is 2. The molecule has 0 saturated carbocycles. The minimum absolute atomic E-state index is 0.175. The first-order valence-corrected chi connectivity index (χ1v) is 7.32. The lowest BCUT2D eigenvalue weighted by Gasteiger charge is -2.08. The number of hydrogen-bond donors (Lipinski definition) is 0. The maximum atomic E-state index is 13.8. The van der Waals surface area contributed by atoms with Crippen molar-refractivity contribution in [3.63, 3.8) is 0 Å². The zero-order chi connectivity index (χ0) is 17.3. The number of benzene rings is 2. The first kappa shape index (κ1) is 16.2. The zero-order valence-electron chi connectivity index (χ0n) is 11.7. The average Bonchev–Trinajstić information content (AvgIpc) is 2.89. The van der Waals surface area contributed by atoms with Crippen LogP contribution < -0.4 is 10.4 Å². The van der Waals surface area contributed by atoms with Gasteiger partial charge in [0.15, 0.2) is 0 Å². The van der Waals surface area contributed by atoms with E-state index in [1.54, 1.807) is 6.07 Å². The largest absolute Gasteiger partial charge is 0.573 e. The van der Waals surface area contributed by atoms with Crippen LogP contribution in [0.2, 0.25) is 0 Å². The Morgan fingerprint density at radius 2 is 1.71 bits per heavy atom. The number of nitrogens with zero attached hydrogens (tertiary/aromatic N) is 2. The predicted octanol–water partition coefficient (Wildman–Crippen LogP) is 4.00. The minimum atomic E-state index is -4.79. The molecule has 3 aromatic rings. The van der Waals surface area contributed by atoms with E-state index in [1.165, 1.54) is 30.3 Å². The van der Waals surface area contributed by atoms with Crippen LogP contribution in [-0.4, -0.2) is 15.3 Å². The van der Waals surface area contributed by atoms with E-state index in [0.29, 0.717) is 5.69 Å². The van der Waals surface area contributed by atoms with Crippen LogP contribution in [0.5, 0.6) is 5.75 Å². The Hall–Kier alpha value is -2.68. The summed E-state index contributed by atoms with van der Waals surface area (Å²) in [6, 6.07) is 10.6. The lowest BCUT2D eigenvalue weighted by molar-refractivity contribution is -0.274. The Kier molecular flexibility index (Phi) is 4.10. The van der Waals surface area contributed by atoms with E-state index in [1.807, 2.05) is 0 Å². The summed E-state index contributed by atoms with van der Waals surface area (Å²) in [5.41, 5.74) is -0.173. The van der Waals surface area contributed by atoms with Crippen LogP contribution in [0.15, 0.2) is 53.3 Å². The second-order valence-corrected chi connectivity index (χ2v) is 5.54. The van der Waals surface area contributed by atoms with Crippen LogP contribution in [0.1, 0.15) is 0 Å². The summed E-state index contributed by atoms with van der Waals surface area (Å²) in [7, 11) is 0. The molecule has 0 atom stereocenters. The second kappa shape index (κ2) is 6.08. The predicted molar refractivity (Wildman–Crippen MR) is 79.8 cm³/mol. The maximum absolute atomic E-state index is 13.8. The van der Waals surface area contributed by atoms with Crippen LogP contribution >= 0.6 is 11.5 Å². The highest BCUT2D eigenvalue weighted by molar-refractivity contribution is 7.10. The van der Waals surface area contributed by atoms with Crippen molar-refractivity contribution >= 4 is 11.5 Å². The molecule has 0 spiro atoms. The number of ether oxygens (including phenoxy) is 1. The molecule has 1 aromatic heterocycles. The topological polar surface area (TPSA) is 44.1 Å². The van der Waals surface area contributed by atoms with E-state index < -0.39 is 23.6 Å². The first-order valence-electron chi connectivity index (χ1n) is 6.55. The van der Waals surface area contributed by atoms with Crippen LogP contribution in [-0.2, 0) is 0 Å². The molecule has 0 aliphatic rings. The van der Waals surface area contributed by atoms with Crippen molar-refractivity contribution in [2.45, 2.75) is 6.36 Å². The normalized spacial score (nSPS) is 11.5. The lowest BCUT2D eigenvalue weighted by Crippen LogP contribution is -2.17. The standard InChI is InChI=1S/C15H8F4N2O2S/c16-12-4-2-1-3-11(12)13-20-14(22)21(24-13)9-5-7-10(8-6-9)23-15(17,18)19/h1-8H. The number of hydrogen-bond acceptors (Lipinski definition) is 4. The van der Waals surface area contributed by atoms with Gasteiger partial charge in [-0.15, -0.1) is 13.2 Å². The Labute approximate surface area is 136 Å². The van der Waals surface area contributed by atoms with Gasteiger partial charge < -0.3 is 4.74 Å². The highest BCUT2D eigenvalue weighted by atomic mass is 32.1. The van der Waals surface area contributed by atoms with Crippen LogP contribution in [0.4, 0.5) is 17.6 Å². The molecule has 0 N–H and O–H groups in total. The molecule has 0 unspecified atom stereocenters. The van der Waals surface area contributed by atoms with E-state index in [0.717, 1.165) is 27.6 Å². The van der Waals surface area contributed by atoms with Gasteiger partial charge >= 0.3 is 12.1 Å². The van der Waals surface area contributed by atoms with Gasteiger partial charge in [0.05, 0.1) is 5.69 Å². The maximum Gasteiger partial charge on any atom is 0.573 e. The summed E-state index contributed by atoms with van der Waals surface area (Å²) in [5, 5.41) is 0.175. The van der Waals surface area contributed by atoms with Crippen molar-refractivity contribution in [2.75, 3.05) is 0 Å². The minimum Gasteiger partial charge on any atom is -0.406 e. The highest BCUT2D eigenvalue weighted by Gasteiger charge is 2.31. The quantitative estimate of drug-likeness (QED) is 0.667. The third-order valence-corrected chi connectivity index (χ3v) is 3.99. The van der Waals surface area contributed by atoms with E-state index in [4.69, 9.17) is 0 Å². The lowest BCUT2D eigenvalue weighted by atomic mass is 10.2. The molecule has 124 valence electrons. The second-order valence-electron chi connectivity index (χ2n) is 4.61. The Balaban J connectivity index is 1.94. The van der Waals surface area contributed by atoms with Gasteiger partial charge in [-0.05, 0) is 47.9 Å². The fraction of sp³-hybridized carbons (Fsp3) is 0.0667. The molecule has 0 bridgehead atoms. The molecule has 24 heavy (non-hydrogen) atoms. The molecule has 2 aromatic carbocycles. The van der Waals surface area contributed by atoms with E-state index in [2.05, 4.69) is 9.72 Å². The molecular formula is C15H8F4N2O2S. The number of rotatable bonds is 3. The van der Waals surface area contributed by atoms with Crippen molar-refractivity contribution in [1.29, 1.82) is 0 Å². The fourth-order valence-corrected chi connectivity index (χ4v) is 2.87. The molecule has 1 heterocycles. The molecule has 9 heteroatoms. The van der Waals surface area contributed by atoms with Gasteiger partial charge in [-0.25, -0.2) is 13.1 Å². The van der Waals surface area contributed by atoms with Crippen LogP contribution in [0.3, 0.4) is 0 Å². The van der Waals surface area contributed by atoms with Gasteiger partial charge in [-0.2, -0.15) is 4.98 Å². The molecule has 3 rings (SSSR count). The monoisotopic (exact) mass is 356 g/mol. The molecule has 0 fully saturated rings. The van der Waals surface area contributed by atoms with Crippen LogP contribution in [0.25, 0.3) is 16.3 Å². The van der Waals surface area contributed by atoms with Gasteiger partial charge in [0.2, 0.25) is 0 Å². The molecule has 0 aliphatic heterocycles. The SMILES string of the molecule is O=c1nc(-c2ccccc2F)sn1-c1ccc(OC(F)(F)F)cc1. The molecule has 0 amide bonds. The third kappa shape index (κ3) is 3.46. The van der Waals surface area contributed by atoms with Gasteiger partial charge in [-0.3, -0.25) is 0 Å². The summed E-state index contributed by atoms with van der Waals surface area (Å²) < 4.78 is 55.1. The van der Waals surface area contributed by atoms with Crippen molar-refractivity contribution in [2.24, 2.45) is 0 Å². The highest BCUT2D eigenvalue weighted by Crippen LogP contribution is 2.27. The van der Waals surface area contributed by atoms with E-state index in [9.17, 15) is 22.4 Å². The molecule has 0 radical (unpaired) electrons. The summed E-state index contributed by atoms with van der Waals surface area (Å²) in [6.45, 7) is 0. The van der Waals surface area contributed by atoms with Crippen molar-refractivity contribution < 1.29 is 22.3 Å². The Morgan fingerprint density at radius 3 is 2.33 bits per heavy atom. The summed E-state index contributed by atoms with van der Waals surface area (Å²) in [6.07, 6.45) is -4.79. The summed E-state index contributed by atoms with van der Waals surface area (Å²) >= 11 is 0.889. The fourth-order valence-electron chi connectivity index (χ4n) is 1.97. The zero-order valence-corrected chi connectivity index (χ0v) is 12.6. The molecular weight excluding hydrogens is 348 g/mol. The summed E-state index contributed by atoms with van der Waals surface area (Å²) in [5.74, 6) is -0.925. The van der Waals surface area contributed by atoms with Gasteiger partial charge in [0.1, 0.15) is 16.6 Å². The number of alkyl halides is 3. The van der Waals surface area contributed by atoms with Gasteiger partial charge in [-0.1, -0.05) is 12.1 Å². The molecule has 0 aliphatic carbocycles. The van der Waals surface area contributed by atoms with Gasteiger partial charge in [0.25, 0.3) is 0 Å². The van der Waals surface area contributed by atoms with Crippen molar-refractivity contribution in [3.05, 3.63) is 64.8 Å². The smallest absolute Gasteiger partial charge is 0.406 e. The average molecular weight is 356 g/mol. The Bertz CT molecular complexity index is 916. The van der Waals surface area contributed by atoms with Crippen LogP contribution in [0, 0.1) is 5.82 Å². The third-order valence-electron chi connectivity index (χ3n) is 2.96. The van der Waals surface area contributed by atoms with Crippen molar-refractivity contribution in [1.82, 2.24) is 8.94 Å². The molecule has 0 saturated heterocycles. The number of halogens is 4. The molecule has 4 nitrogen and oxygen atoms in total. The van der Waals surface area contributed by atoms with Gasteiger partial charge in [0, 0.05) is 5.56 Å². The first-order chi connectivity index (χ1) is 11.3. The Morgan fingerprint density at radius 1 is 1.04 bits per heavy atom.